The molecule has 5 heteroatoms. The van der Waals surface area contributed by atoms with E-state index in [2.05, 4.69) is 9.05 Å². The summed E-state index contributed by atoms with van der Waals surface area (Å²) in [5, 5.41) is 0. The lowest BCUT2D eigenvalue weighted by Gasteiger charge is -2.04. The number of rotatable bonds is 2. The molecule has 0 saturated heterocycles. The summed E-state index contributed by atoms with van der Waals surface area (Å²) in [6, 6.07) is 0. The Bertz CT molecular complexity index is 83.3. The second-order valence-corrected chi connectivity index (χ2v) is 3.41. The Morgan fingerprint density at radius 3 is 1.50 bits per heavy atom. The summed E-state index contributed by atoms with van der Waals surface area (Å²) in [5.74, 6) is 0. The van der Waals surface area contributed by atoms with Gasteiger partial charge in [-0.3, -0.25) is 4.57 Å². The standard InChI is InChI=1S/C3H9O3P.H2O/c1-5-7(3,4)6-2;/h1-3H3;1H2. The zero-order valence-electron chi connectivity index (χ0n) is 5.17. The molecule has 0 aromatic carbocycles. The van der Waals surface area contributed by atoms with Crippen LogP contribution in [0.4, 0.5) is 0 Å². The number of hydrogen-bond donors (Lipinski definition) is 0. The molecule has 0 aliphatic rings. The minimum Gasteiger partial charge on any atom is -0.412 e. The summed E-state index contributed by atoms with van der Waals surface area (Å²) < 4.78 is 19.3. The van der Waals surface area contributed by atoms with Crippen molar-refractivity contribution in [1.29, 1.82) is 0 Å². The maximum Gasteiger partial charge on any atom is 0.327 e. The van der Waals surface area contributed by atoms with Crippen molar-refractivity contribution in [2.45, 2.75) is 0 Å². The summed E-state index contributed by atoms with van der Waals surface area (Å²) in [4.78, 5) is 0. The van der Waals surface area contributed by atoms with Gasteiger partial charge in [0.05, 0.1) is 0 Å². The van der Waals surface area contributed by atoms with E-state index >= 15 is 0 Å². The Morgan fingerprint density at radius 2 is 1.50 bits per heavy atom. The molecular weight excluding hydrogens is 131 g/mol. The predicted molar refractivity (Wildman–Crippen MR) is 31.2 cm³/mol. The van der Waals surface area contributed by atoms with Gasteiger partial charge in [-0.1, -0.05) is 0 Å². The van der Waals surface area contributed by atoms with E-state index in [1.807, 2.05) is 0 Å². The lowest BCUT2D eigenvalue weighted by atomic mass is 11.8. The van der Waals surface area contributed by atoms with E-state index < -0.39 is 7.60 Å². The van der Waals surface area contributed by atoms with Crippen molar-refractivity contribution in [1.82, 2.24) is 0 Å². The van der Waals surface area contributed by atoms with Crippen LogP contribution in [0.3, 0.4) is 0 Å². The van der Waals surface area contributed by atoms with Crippen LogP contribution in [0.5, 0.6) is 0 Å². The Morgan fingerprint density at radius 1 is 1.25 bits per heavy atom. The molecule has 0 fully saturated rings. The van der Waals surface area contributed by atoms with E-state index in [1.54, 1.807) is 0 Å². The second-order valence-electron chi connectivity index (χ2n) is 1.14. The molecule has 0 amide bonds. The summed E-state index contributed by atoms with van der Waals surface area (Å²) in [6.07, 6.45) is 0. The van der Waals surface area contributed by atoms with Crippen molar-refractivity contribution in [3.63, 3.8) is 0 Å². The van der Waals surface area contributed by atoms with Crippen LogP contribution in [0.2, 0.25) is 0 Å². The fourth-order valence-corrected chi connectivity index (χ4v) is 0.224. The molecule has 0 atom stereocenters. The molecular formula is C3H11O4P. The van der Waals surface area contributed by atoms with Crippen molar-refractivity contribution in [3.8, 4) is 0 Å². The van der Waals surface area contributed by atoms with Gasteiger partial charge in [-0.2, -0.15) is 0 Å². The molecule has 0 aliphatic heterocycles. The largest absolute Gasteiger partial charge is 0.412 e. The third-order valence-electron chi connectivity index (χ3n) is 0.663. The van der Waals surface area contributed by atoms with Gasteiger partial charge in [0.2, 0.25) is 0 Å². The summed E-state index contributed by atoms with van der Waals surface area (Å²) in [6.45, 7) is 1.41. The molecule has 8 heavy (non-hydrogen) atoms. The van der Waals surface area contributed by atoms with Crippen molar-refractivity contribution in [2.75, 3.05) is 20.9 Å². The minimum absolute atomic E-state index is 0. The van der Waals surface area contributed by atoms with Gasteiger partial charge in [-0.05, 0) is 0 Å². The molecule has 0 radical (unpaired) electrons. The van der Waals surface area contributed by atoms with E-state index in [4.69, 9.17) is 0 Å². The molecule has 52 valence electrons. The maximum atomic E-state index is 10.5. The highest BCUT2D eigenvalue weighted by atomic mass is 31.2. The molecule has 0 spiro atoms. The summed E-state index contributed by atoms with van der Waals surface area (Å²) >= 11 is 0. The predicted octanol–water partition coefficient (Wildman–Crippen LogP) is 0.277. The fourth-order valence-electron chi connectivity index (χ4n) is 0.0745. The quantitative estimate of drug-likeness (QED) is 0.520. The van der Waals surface area contributed by atoms with Gasteiger partial charge in [0.25, 0.3) is 0 Å². The van der Waals surface area contributed by atoms with Crippen LogP contribution in [0.15, 0.2) is 0 Å². The average molecular weight is 142 g/mol. The molecule has 2 N–H and O–H groups in total. The molecule has 0 aromatic heterocycles. The first-order valence-electron chi connectivity index (χ1n) is 1.81. The molecule has 0 aromatic rings. The van der Waals surface area contributed by atoms with Gasteiger partial charge < -0.3 is 14.5 Å². The zero-order valence-corrected chi connectivity index (χ0v) is 6.07. The third-order valence-corrected chi connectivity index (χ3v) is 1.99. The molecule has 0 aliphatic carbocycles. The summed E-state index contributed by atoms with van der Waals surface area (Å²) in [5.41, 5.74) is 0. The van der Waals surface area contributed by atoms with E-state index in [1.165, 1.54) is 20.9 Å². The molecule has 4 nitrogen and oxygen atoms in total. The fraction of sp³-hybridized carbons (Fsp3) is 1.00. The van der Waals surface area contributed by atoms with Gasteiger partial charge in [-0.15, -0.1) is 0 Å². The molecule has 0 rings (SSSR count). The van der Waals surface area contributed by atoms with E-state index in [-0.39, 0.29) is 5.48 Å². The SMILES string of the molecule is COP(C)(=O)OC.O. The highest BCUT2D eigenvalue weighted by molar-refractivity contribution is 7.52. The first-order valence-corrected chi connectivity index (χ1v) is 3.80. The molecule has 0 heterocycles. The van der Waals surface area contributed by atoms with E-state index in [0.29, 0.717) is 0 Å². The molecule has 0 saturated carbocycles. The van der Waals surface area contributed by atoms with Gasteiger partial charge >= 0.3 is 7.60 Å². The Balaban J connectivity index is 0. The Hall–Kier alpha value is 0.110. The van der Waals surface area contributed by atoms with Crippen molar-refractivity contribution < 1.29 is 19.1 Å². The zero-order chi connectivity index (χ0) is 5.91. The maximum absolute atomic E-state index is 10.5. The third kappa shape index (κ3) is 4.27. The van der Waals surface area contributed by atoms with E-state index in [9.17, 15) is 4.57 Å². The van der Waals surface area contributed by atoms with Crippen LogP contribution < -0.4 is 0 Å². The second kappa shape index (κ2) is 4.04. The average Bonchev–Trinajstić information content (AvgIpc) is 1.68. The van der Waals surface area contributed by atoms with Crippen LogP contribution in [-0.2, 0) is 13.6 Å². The van der Waals surface area contributed by atoms with Crippen LogP contribution in [0.1, 0.15) is 0 Å². The highest BCUT2D eigenvalue weighted by Gasteiger charge is 2.08. The summed E-state index contributed by atoms with van der Waals surface area (Å²) in [7, 11) is 0.0486. The van der Waals surface area contributed by atoms with E-state index in [0.717, 1.165) is 0 Å². The molecule has 0 bridgehead atoms. The van der Waals surface area contributed by atoms with Crippen molar-refractivity contribution in [2.24, 2.45) is 0 Å². The van der Waals surface area contributed by atoms with Crippen LogP contribution in [0.25, 0.3) is 0 Å². The van der Waals surface area contributed by atoms with Gasteiger partial charge in [-0.25, -0.2) is 0 Å². The Kier molecular flexibility index (Phi) is 5.54. The topological polar surface area (TPSA) is 67.0 Å². The highest BCUT2D eigenvalue weighted by Crippen LogP contribution is 2.40. The lowest BCUT2D eigenvalue weighted by Crippen LogP contribution is -1.82. The smallest absolute Gasteiger partial charge is 0.327 e. The lowest BCUT2D eigenvalue weighted by molar-refractivity contribution is 0.282. The van der Waals surface area contributed by atoms with Crippen LogP contribution >= 0.6 is 7.60 Å². The van der Waals surface area contributed by atoms with Crippen LogP contribution in [0, 0.1) is 0 Å². The Labute approximate surface area is 48.6 Å². The first-order chi connectivity index (χ1) is 3.12. The molecule has 0 unspecified atom stereocenters. The van der Waals surface area contributed by atoms with Gasteiger partial charge in [0, 0.05) is 20.9 Å². The monoisotopic (exact) mass is 142 g/mol. The number of hydrogen-bond acceptors (Lipinski definition) is 3. The van der Waals surface area contributed by atoms with Crippen molar-refractivity contribution >= 4 is 7.60 Å². The minimum atomic E-state index is -2.65. The van der Waals surface area contributed by atoms with Crippen molar-refractivity contribution in [3.05, 3.63) is 0 Å². The van der Waals surface area contributed by atoms with Crippen LogP contribution in [-0.4, -0.2) is 26.4 Å². The van der Waals surface area contributed by atoms with Gasteiger partial charge in [0.1, 0.15) is 0 Å². The van der Waals surface area contributed by atoms with Gasteiger partial charge in [0.15, 0.2) is 0 Å². The first kappa shape index (κ1) is 11.0. The normalized spacial score (nSPS) is 10.4.